The van der Waals surface area contributed by atoms with Gasteiger partial charge < -0.3 is 75.9 Å². The SMILES string of the molecule is COc1cc(C2CCN(C(=O)CN(C)C)CC2)c(C)cc1Nc1nc2c(c(Nc3ccccc3S(=O)(=O)C(C)C)n1)C(C)=NC2.COc1cc(C2CCN(C[C@H](O)C(F)(F)F)CC2)c(C)cc1Nc1nc(Nc2ccccc2S(=O)(=O)C(C)C)c2cn[nH]c2n1.Cc1cc(Nc2nc(Nc3ccccc3S(=O)(=O)C(C)C)c3cn[nH]c3n2)c(OC(C)C)cc1C1CCN(C[C@@H](O)C(F)(F)F)CC1. The molecule has 736 valence electrons. The molecule has 3 saturated heterocycles. The van der Waals surface area contributed by atoms with Gasteiger partial charge in [0.15, 0.2) is 53.0 Å². The maximum absolute atomic E-state index is 13.1. The van der Waals surface area contributed by atoms with Crippen molar-refractivity contribution >= 4 is 133 Å². The van der Waals surface area contributed by atoms with Crippen molar-refractivity contribution in [2.45, 2.75) is 207 Å². The van der Waals surface area contributed by atoms with E-state index in [9.17, 15) is 66.6 Å². The number of nitrogens with zero attached hydrogens (tertiary/aromatic N) is 13. The Bertz CT molecular complexity index is 6560. The first kappa shape index (κ1) is 102. The number of halogens is 6. The average molecular weight is 1960 g/mol. The third-order valence-electron chi connectivity index (χ3n) is 24.7. The predicted molar refractivity (Wildman–Crippen MR) is 518 cm³/mol. The van der Waals surface area contributed by atoms with E-state index in [1.165, 1.54) is 5.56 Å². The molecule has 5 aromatic heterocycles. The summed E-state index contributed by atoms with van der Waals surface area (Å²) in [5.41, 5.74) is 12.6. The number of aliphatic hydroxyl groups is 2. The molecule has 4 aliphatic rings. The van der Waals surface area contributed by atoms with Crippen LogP contribution >= 0.6 is 0 Å². The van der Waals surface area contributed by atoms with Crippen LogP contribution in [0.3, 0.4) is 0 Å². The molecular weight excluding hydrogens is 1840 g/mol. The number of benzene rings is 6. The molecule has 3 fully saturated rings. The molecule has 0 radical (unpaired) electrons. The minimum Gasteiger partial charge on any atom is -0.495 e. The number of ether oxygens (including phenoxy) is 3. The standard InChI is InChI=1S/C33H43N7O4S.C32H40F3N7O4S.C30H36F3N7O4S/c1-20(2)45(42,43)29-11-9-8-10-25(29)35-32-31-22(4)34-18-27(31)37-33(38-32)36-26-16-21(3)24(17-28(26)44-7)23-12-14-40(15-13-23)30(41)19-39(5)6;1-18(2)46-26-15-22(21-10-12-42(13-11-21)17-28(43)32(33,34)35)20(5)14-25(26)38-31-39-29(23-16-36-41-30(23)40-31)37-24-8-6-7-9-27(24)47(44,45)19(3)4;1-17(2)45(42,43)25-8-6-5-7-22(25)35-27-21-15-34-39-28(21)38-29(37-27)36-23-13-18(3)20(14-24(23)44-4)19-9-11-40(12-10-19)16-26(41)30(31,32)33/h8-11,16-17,20,23H,12-15,18-19H2,1-7H3,(H2,35,36,37,38);6-9,14-16,18-19,21,28,43H,10-13,17H2,1-5H3,(H3,36,37,38,39,40,41);5-8,13-15,17,19,26,41H,9-12,16H2,1-4H3,(H3,34,35,36,37,38,39)/t;28-;26-/m.10/s1. The van der Waals surface area contributed by atoms with E-state index >= 15 is 0 Å². The Morgan fingerprint density at radius 3 is 1.18 bits per heavy atom. The number of aliphatic hydroxyl groups excluding tert-OH is 2. The number of rotatable bonds is 31. The molecule has 0 bridgehead atoms. The van der Waals surface area contributed by atoms with Gasteiger partial charge in [0, 0.05) is 31.9 Å². The number of nitrogens with one attached hydrogen (secondary N) is 8. The van der Waals surface area contributed by atoms with Crippen molar-refractivity contribution in [3.63, 3.8) is 0 Å². The van der Waals surface area contributed by atoms with E-state index in [4.69, 9.17) is 29.2 Å². The lowest BCUT2D eigenvalue weighted by Gasteiger charge is -2.34. The van der Waals surface area contributed by atoms with Crippen molar-refractivity contribution in [3.8, 4) is 17.2 Å². The van der Waals surface area contributed by atoms with Gasteiger partial charge in [-0.25, -0.2) is 30.2 Å². The van der Waals surface area contributed by atoms with Crippen molar-refractivity contribution in [1.29, 1.82) is 0 Å². The summed E-state index contributed by atoms with van der Waals surface area (Å²) in [4.78, 5) is 52.8. The second-order valence-corrected chi connectivity index (χ2v) is 43.5. The Balaban J connectivity index is 0.000000174. The zero-order valence-electron chi connectivity index (χ0n) is 79.3. The Kier molecular flexibility index (Phi) is 32.2. The van der Waals surface area contributed by atoms with Gasteiger partial charge in [-0.1, -0.05) is 36.4 Å². The van der Waals surface area contributed by atoms with Crippen LogP contribution in [0.2, 0.25) is 0 Å². The number of aromatic amines is 2. The van der Waals surface area contributed by atoms with E-state index < -0.39 is 82.9 Å². The number of β-amino-alcohol motifs (C(OH)–C–C–N with tert-alkyl or cyclic N) is 2. The molecule has 10 N–H and O–H groups in total. The van der Waals surface area contributed by atoms with Gasteiger partial charge in [-0.2, -0.15) is 61.5 Å². The topological polar surface area (TPSA) is 420 Å². The molecular formula is C95H119F6N21O12S3. The molecule has 0 aliphatic carbocycles. The summed E-state index contributed by atoms with van der Waals surface area (Å²) in [5, 5.41) is 51.6. The number of likely N-dealkylation sites (tertiary alicyclic amines) is 3. The van der Waals surface area contributed by atoms with Gasteiger partial charge in [0.2, 0.25) is 23.8 Å². The minimum atomic E-state index is -4.64. The van der Waals surface area contributed by atoms with E-state index in [0.717, 1.165) is 76.4 Å². The maximum Gasteiger partial charge on any atom is 0.415 e. The Labute approximate surface area is 793 Å². The van der Waals surface area contributed by atoms with E-state index in [1.807, 2.05) is 88.8 Å². The predicted octanol–water partition coefficient (Wildman–Crippen LogP) is 16.7. The highest BCUT2D eigenvalue weighted by molar-refractivity contribution is 7.92. The van der Waals surface area contributed by atoms with Crippen molar-refractivity contribution < 1.29 is 80.8 Å². The average Bonchev–Trinajstić information content (AvgIpc) is 1.67. The van der Waals surface area contributed by atoms with Crippen molar-refractivity contribution in [2.75, 3.05) is 119 Å². The van der Waals surface area contributed by atoms with Gasteiger partial charge in [0.05, 0.1) is 132 Å². The fourth-order valence-electron chi connectivity index (χ4n) is 17.1. The number of para-hydroxylation sites is 3. The number of sulfone groups is 3. The lowest BCUT2D eigenvalue weighted by Crippen LogP contribution is -2.44. The summed E-state index contributed by atoms with van der Waals surface area (Å²) in [7, 11) is -3.72. The van der Waals surface area contributed by atoms with Gasteiger partial charge in [-0.05, 0) is 286 Å². The van der Waals surface area contributed by atoms with Crippen molar-refractivity contribution in [2.24, 2.45) is 4.99 Å². The molecule has 4 aliphatic heterocycles. The Morgan fingerprint density at radius 2 is 0.818 bits per heavy atom. The van der Waals surface area contributed by atoms with Gasteiger partial charge in [-0.3, -0.25) is 20.0 Å². The van der Waals surface area contributed by atoms with Gasteiger partial charge in [-0.15, -0.1) is 0 Å². The number of aliphatic imine (C=N–C) groups is 1. The van der Waals surface area contributed by atoms with Crippen LogP contribution in [-0.4, -0.2) is 251 Å². The Hall–Kier alpha value is -11.9. The van der Waals surface area contributed by atoms with Gasteiger partial charge in [0.1, 0.15) is 34.7 Å². The minimum absolute atomic E-state index is 0.105. The highest BCUT2D eigenvalue weighted by atomic mass is 32.2. The van der Waals surface area contributed by atoms with Crippen LogP contribution < -0.4 is 46.1 Å². The smallest absolute Gasteiger partial charge is 0.415 e. The van der Waals surface area contributed by atoms with Gasteiger partial charge >= 0.3 is 12.4 Å². The lowest BCUT2D eigenvalue weighted by molar-refractivity contribution is -0.209. The molecule has 0 saturated carbocycles. The van der Waals surface area contributed by atoms with Crippen LogP contribution in [0.25, 0.3) is 22.1 Å². The number of methoxy groups -OCH3 is 2. The molecule has 42 heteroatoms. The molecule has 137 heavy (non-hydrogen) atoms. The van der Waals surface area contributed by atoms with Crippen LogP contribution in [0.1, 0.15) is 163 Å². The summed E-state index contributed by atoms with van der Waals surface area (Å²) in [6, 6.07) is 32.0. The second-order valence-electron chi connectivity index (χ2n) is 36.0. The number of hydrogen-bond acceptors (Lipinski definition) is 30. The zero-order valence-corrected chi connectivity index (χ0v) is 81.8. The summed E-state index contributed by atoms with van der Waals surface area (Å²) in [6.45, 7) is 24.8. The quantitative estimate of drug-likeness (QED) is 0.0180. The first-order chi connectivity index (χ1) is 64.8. The molecule has 1 amide bonds. The second kappa shape index (κ2) is 43.0. The van der Waals surface area contributed by atoms with E-state index in [2.05, 4.69) is 85.2 Å². The third kappa shape index (κ3) is 24.3. The first-order valence-corrected chi connectivity index (χ1v) is 49.9. The fraction of sp³-hybridized carbons (Fsp3) is 0.453. The van der Waals surface area contributed by atoms with E-state index in [1.54, 1.807) is 151 Å². The number of H-pyrrole nitrogens is 2. The van der Waals surface area contributed by atoms with Crippen LogP contribution in [0.5, 0.6) is 17.2 Å². The largest absolute Gasteiger partial charge is 0.495 e. The van der Waals surface area contributed by atoms with E-state index in [-0.39, 0.29) is 50.4 Å². The maximum atomic E-state index is 13.1. The van der Waals surface area contributed by atoms with E-state index in [0.29, 0.717) is 162 Å². The first-order valence-electron chi connectivity index (χ1n) is 45.3. The molecule has 6 aromatic carbocycles. The number of alkyl halides is 6. The fourth-order valence-corrected chi connectivity index (χ4v) is 20.7. The highest BCUT2D eigenvalue weighted by Gasteiger charge is 2.42. The van der Waals surface area contributed by atoms with Crippen LogP contribution in [-0.2, 0) is 40.9 Å². The van der Waals surface area contributed by atoms with Crippen LogP contribution in [0.15, 0.2) is 141 Å². The van der Waals surface area contributed by atoms with Crippen LogP contribution in [0.4, 0.5) is 95.8 Å². The molecule has 33 nitrogen and oxygen atoms in total. The number of carbonyl (C=O) groups excluding carboxylic acids is 1. The number of amides is 1. The normalized spacial score (nSPS) is 15.7. The third-order valence-corrected chi connectivity index (χ3v) is 31.3. The molecule has 0 spiro atoms. The number of aromatic nitrogens is 10. The molecule has 9 heterocycles. The summed E-state index contributed by atoms with van der Waals surface area (Å²) < 4.78 is 173. The monoisotopic (exact) mass is 1960 g/mol. The van der Waals surface area contributed by atoms with Crippen molar-refractivity contribution in [3.05, 3.63) is 166 Å². The molecule has 2 atom stereocenters. The summed E-state index contributed by atoms with van der Waals surface area (Å²) in [5.74, 6) is 4.42. The number of anilines is 12. The molecule has 0 unspecified atom stereocenters. The number of piperidine rings is 3. The summed E-state index contributed by atoms with van der Waals surface area (Å²) >= 11 is 0. The van der Waals surface area contributed by atoms with Crippen LogP contribution in [0, 0.1) is 20.8 Å². The lowest BCUT2D eigenvalue weighted by atomic mass is 9.86. The van der Waals surface area contributed by atoms with Crippen molar-refractivity contribution in [1.82, 2.24) is 69.9 Å². The Morgan fingerprint density at radius 1 is 0.474 bits per heavy atom. The number of likely N-dealkylation sites (N-methyl/N-ethyl adjacent to an activating group) is 1. The highest BCUT2D eigenvalue weighted by Crippen LogP contribution is 2.45. The number of fused-ring (bicyclic) bond motifs is 3. The van der Waals surface area contributed by atoms with Gasteiger partial charge in [0.25, 0.3) is 0 Å². The molecule has 11 aromatic rings. The number of aryl methyl sites for hydroxylation is 3. The number of hydrogen-bond donors (Lipinski definition) is 10. The molecule has 15 rings (SSSR count). The number of carbonyl (C=O) groups is 1. The zero-order chi connectivity index (χ0) is 99.1. The summed E-state index contributed by atoms with van der Waals surface area (Å²) in [6.07, 6.45) is -6.69.